The maximum absolute atomic E-state index is 12.9. The first-order valence-electron chi connectivity index (χ1n) is 6.29. The van der Waals surface area contributed by atoms with Crippen LogP contribution in [0.15, 0.2) is 24.3 Å². The number of hydrogen-bond acceptors (Lipinski definition) is 2. The Morgan fingerprint density at radius 2 is 1.94 bits per heavy atom. The molecule has 1 aromatic carbocycles. The summed E-state index contributed by atoms with van der Waals surface area (Å²) < 4.78 is 18.3. The summed E-state index contributed by atoms with van der Waals surface area (Å²) in [4.78, 5) is 0. The molecule has 1 atom stereocenters. The van der Waals surface area contributed by atoms with Crippen molar-refractivity contribution in [2.45, 2.75) is 18.8 Å². The molecule has 94 valence electrons. The van der Waals surface area contributed by atoms with Crippen molar-refractivity contribution in [1.29, 1.82) is 0 Å². The molecule has 0 aliphatic carbocycles. The smallest absolute Gasteiger partial charge is 0.123 e. The van der Waals surface area contributed by atoms with Crippen molar-refractivity contribution in [3.05, 3.63) is 35.6 Å². The summed E-state index contributed by atoms with van der Waals surface area (Å²) in [7, 11) is 1.97. The Balaban J connectivity index is 2.12. The summed E-state index contributed by atoms with van der Waals surface area (Å²) in [5.74, 6) is 0.940. The topological polar surface area (TPSA) is 21.3 Å². The van der Waals surface area contributed by atoms with E-state index in [-0.39, 0.29) is 5.82 Å². The summed E-state index contributed by atoms with van der Waals surface area (Å²) in [5, 5.41) is 3.24. The van der Waals surface area contributed by atoms with E-state index < -0.39 is 0 Å². The molecule has 1 aliphatic heterocycles. The van der Waals surface area contributed by atoms with Crippen molar-refractivity contribution < 1.29 is 9.13 Å². The molecule has 17 heavy (non-hydrogen) atoms. The predicted molar refractivity (Wildman–Crippen MR) is 66.6 cm³/mol. The van der Waals surface area contributed by atoms with Crippen molar-refractivity contribution in [3.8, 4) is 0 Å². The molecule has 1 saturated heterocycles. The molecule has 1 fully saturated rings. The third-order valence-corrected chi connectivity index (χ3v) is 3.56. The van der Waals surface area contributed by atoms with Gasteiger partial charge in [-0.15, -0.1) is 0 Å². The Kier molecular flexibility index (Phi) is 4.51. The first-order valence-corrected chi connectivity index (χ1v) is 6.29. The van der Waals surface area contributed by atoms with Gasteiger partial charge in [-0.3, -0.25) is 0 Å². The van der Waals surface area contributed by atoms with Crippen LogP contribution >= 0.6 is 0 Å². The predicted octanol–water partition coefficient (Wildman–Crippen LogP) is 2.56. The van der Waals surface area contributed by atoms with E-state index in [1.54, 1.807) is 12.1 Å². The monoisotopic (exact) mass is 237 g/mol. The van der Waals surface area contributed by atoms with Crippen molar-refractivity contribution in [3.63, 3.8) is 0 Å². The van der Waals surface area contributed by atoms with Gasteiger partial charge in [-0.1, -0.05) is 12.1 Å². The van der Waals surface area contributed by atoms with Gasteiger partial charge in [-0.25, -0.2) is 4.39 Å². The van der Waals surface area contributed by atoms with Crippen LogP contribution in [0.3, 0.4) is 0 Å². The number of halogens is 1. The Bertz CT molecular complexity index is 333. The highest BCUT2D eigenvalue weighted by Gasteiger charge is 2.24. The van der Waals surface area contributed by atoms with Gasteiger partial charge in [0.15, 0.2) is 0 Å². The molecule has 3 heteroatoms. The van der Waals surface area contributed by atoms with Gasteiger partial charge in [-0.2, -0.15) is 0 Å². The zero-order valence-electron chi connectivity index (χ0n) is 10.3. The van der Waals surface area contributed by atoms with E-state index in [1.165, 1.54) is 5.56 Å². The molecule has 0 radical (unpaired) electrons. The van der Waals surface area contributed by atoms with E-state index in [9.17, 15) is 4.39 Å². The van der Waals surface area contributed by atoms with Crippen LogP contribution in [0, 0.1) is 11.7 Å². The fourth-order valence-corrected chi connectivity index (χ4v) is 2.60. The number of nitrogens with one attached hydrogen (secondary N) is 1. The van der Waals surface area contributed by atoms with Crippen LogP contribution in [0.5, 0.6) is 0 Å². The van der Waals surface area contributed by atoms with Gasteiger partial charge < -0.3 is 10.1 Å². The molecule has 0 amide bonds. The Labute approximate surface area is 102 Å². The molecule has 1 heterocycles. The first-order chi connectivity index (χ1) is 8.31. The number of hydrogen-bond donors (Lipinski definition) is 1. The lowest BCUT2D eigenvalue weighted by Gasteiger charge is -2.30. The molecule has 1 N–H and O–H groups in total. The molecule has 0 saturated carbocycles. The molecule has 1 aromatic rings. The van der Waals surface area contributed by atoms with Crippen molar-refractivity contribution in [2.24, 2.45) is 5.92 Å². The van der Waals surface area contributed by atoms with Crippen LogP contribution in [0.25, 0.3) is 0 Å². The minimum Gasteiger partial charge on any atom is -0.381 e. The van der Waals surface area contributed by atoms with Gasteiger partial charge in [0.05, 0.1) is 0 Å². The SMILES string of the molecule is CNCC(c1ccc(F)cc1)C1CCOCC1. The summed E-state index contributed by atoms with van der Waals surface area (Å²) >= 11 is 0. The quantitative estimate of drug-likeness (QED) is 0.869. The zero-order chi connectivity index (χ0) is 12.1. The highest BCUT2D eigenvalue weighted by atomic mass is 19.1. The Hall–Kier alpha value is -0.930. The normalized spacial score (nSPS) is 19.2. The fraction of sp³-hybridized carbons (Fsp3) is 0.571. The molecule has 1 unspecified atom stereocenters. The minimum atomic E-state index is -0.163. The average Bonchev–Trinajstić information content (AvgIpc) is 2.38. The van der Waals surface area contributed by atoms with Gasteiger partial charge >= 0.3 is 0 Å². The van der Waals surface area contributed by atoms with E-state index in [2.05, 4.69) is 5.32 Å². The largest absolute Gasteiger partial charge is 0.381 e. The average molecular weight is 237 g/mol. The Morgan fingerprint density at radius 3 is 2.53 bits per heavy atom. The number of likely N-dealkylation sites (N-methyl/N-ethyl adjacent to an activating group) is 1. The maximum atomic E-state index is 12.9. The second kappa shape index (κ2) is 6.12. The fourth-order valence-electron chi connectivity index (χ4n) is 2.60. The second-order valence-electron chi connectivity index (χ2n) is 4.67. The highest BCUT2D eigenvalue weighted by molar-refractivity contribution is 5.21. The van der Waals surface area contributed by atoms with Crippen LogP contribution in [-0.2, 0) is 4.74 Å². The van der Waals surface area contributed by atoms with Gasteiger partial charge in [0, 0.05) is 19.8 Å². The van der Waals surface area contributed by atoms with Crippen LogP contribution in [0.4, 0.5) is 4.39 Å². The van der Waals surface area contributed by atoms with E-state index in [0.29, 0.717) is 11.8 Å². The van der Waals surface area contributed by atoms with E-state index in [1.807, 2.05) is 19.2 Å². The van der Waals surface area contributed by atoms with Crippen LogP contribution in [-0.4, -0.2) is 26.8 Å². The van der Waals surface area contributed by atoms with E-state index in [0.717, 1.165) is 32.6 Å². The summed E-state index contributed by atoms with van der Waals surface area (Å²) in [6, 6.07) is 6.92. The molecule has 0 aromatic heterocycles. The summed E-state index contributed by atoms with van der Waals surface area (Å²) in [5.41, 5.74) is 1.23. The van der Waals surface area contributed by atoms with Crippen LogP contribution < -0.4 is 5.32 Å². The van der Waals surface area contributed by atoms with E-state index in [4.69, 9.17) is 4.74 Å². The third-order valence-electron chi connectivity index (χ3n) is 3.56. The second-order valence-corrected chi connectivity index (χ2v) is 4.67. The van der Waals surface area contributed by atoms with Crippen LogP contribution in [0.2, 0.25) is 0 Å². The Morgan fingerprint density at radius 1 is 1.29 bits per heavy atom. The molecule has 0 spiro atoms. The maximum Gasteiger partial charge on any atom is 0.123 e. The lowest BCUT2D eigenvalue weighted by molar-refractivity contribution is 0.0579. The minimum absolute atomic E-state index is 0.163. The summed E-state index contributed by atoms with van der Waals surface area (Å²) in [6.07, 6.45) is 2.20. The van der Waals surface area contributed by atoms with Gasteiger partial charge in [0.25, 0.3) is 0 Å². The standard InChI is InChI=1S/C14H20FNO/c1-16-10-14(12-6-8-17-9-7-12)11-2-4-13(15)5-3-11/h2-5,12,14,16H,6-10H2,1H3. The molecule has 2 rings (SSSR count). The molecular weight excluding hydrogens is 217 g/mol. The van der Waals surface area contributed by atoms with Crippen LogP contribution in [0.1, 0.15) is 24.3 Å². The molecular formula is C14H20FNO. The first kappa shape index (κ1) is 12.5. The number of benzene rings is 1. The number of ether oxygens (including phenoxy) is 1. The number of rotatable bonds is 4. The lowest BCUT2D eigenvalue weighted by atomic mass is 9.81. The van der Waals surface area contributed by atoms with Gasteiger partial charge in [0.2, 0.25) is 0 Å². The lowest BCUT2D eigenvalue weighted by Crippen LogP contribution is -2.28. The molecule has 2 nitrogen and oxygen atoms in total. The van der Waals surface area contributed by atoms with Crippen molar-refractivity contribution >= 4 is 0 Å². The zero-order valence-corrected chi connectivity index (χ0v) is 10.3. The van der Waals surface area contributed by atoms with Gasteiger partial charge in [-0.05, 0) is 49.4 Å². The van der Waals surface area contributed by atoms with Gasteiger partial charge in [0.1, 0.15) is 5.82 Å². The third kappa shape index (κ3) is 3.27. The van der Waals surface area contributed by atoms with Crippen molar-refractivity contribution in [1.82, 2.24) is 5.32 Å². The van der Waals surface area contributed by atoms with Crippen molar-refractivity contribution in [2.75, 3.05) is 26.8 Å². The molecule has 0 bridgehead atoms. The highest BCUT2D eigenvalue weighted by Crippen LogP contribution is 2.31. The molecule has 1 aliphatic rings. The summed E-state index contributed by atoms with van der Waals surface area (Å²) in [6.45, 7) is 2.65. The van der Waals surface area contributed by atoms with E-state index >= 15 is 0 Å².